The number of hydrogen-bond donors (Lipinski definition) is 2. The van der Waals surface area contributed by atoms with Crippen molar-refractivity contribution < 1.29 is 9.53 Å². The highest BCUT2D eigenvalue weighted by Crippen LogP contribution is 2.30. The molecule has 1 atom stereocenters. The highest BCUT2D eigenvalue weighted by atomic mass is 16.5. The lowest BCUT2D eigenvalue weighted by atomic mass is 10.0. The van der Waals surface area contributed by atoms with Crippen LogP contribution >= 0.6 is 0 Å². The van der Waals surface area contributed by atoms with E-state index in [1.54, 1.807) is 12.5 Å². The molecule has 0 unspecified atom stereocenters. The molecule has 7 nitrogen and oxygen atoms in total. The lowest BCUT2D eigenvalue weighted by molar-refractivity contribution is 0.0245. The van der Waals surface area contributed by atoms with Crippen molar-refractivity contribution in [3.63, 3.8) is 0 Å². The molecule has 0 aliphatic carbocycles. The van der Waals surface area contributed by atoms with Crippen LogP contribution in [0.4, 0.5) is 0 Å². The second kappa shape index (κ2) is 8.28. The van der Waals surface area contributed by atoms with Gasteiger partial charge in [0.15, 0.2) is 0 Å². The van der Waals surface area contributed by atoms with Crippen LogP contribution in [0.3, 0.4) is 0 Å². The molecule has 2 N–H and O–H groups in total. The third kappa shape index (κ3) is 4.04. The number of aromatic amines is 1. The van der Waals surface area contributed by atoms with Crippen molar-refractivity contribution in [1.29, 1.82) is 0 Å². The maximum atomic E-state index is 12.6. The van der Waals surface area contributed by atoms with Gasteiger partial charge in [0.2, 0.25) is 0 Å². The van der Waals surface area contributed by atoms with Crippen molar-refractivity contribution in [2.24, 2.45) is 0 Å². The number of aryl methyl sites for hydroxylation is 1. The number of benzene rings is 1. The molecule has 7 heteroatoms. The van der Waals surface area contributed by atoms with Crippen molar-refractivity contribution in [2.75, 3.05) is 13.1 Å². The topological polar surface area (TPSA) is 92.8 Å². The van der Waals surface area contributed by atoms with E-state index >= 15 is 0 Å². The van der Waals surface area contributed by atoms with Crippen LogP contribution in [0.15, 0.2) is 55.0 Å². The Bertz CT molecular complexity index is 1240. The van der Waals surface area contributed by atoms with Gasteiger partial charge in [-0.15, -0.1) is 0 Å². The van der Waals surface area contributed by atoms with Gasteiger partial charge in [-0.1, -0.05) is 12.1 Å². The molecule has 0 saturated carbocycles. The van der Waals surface area contributed by atoms with E-state index in [2.05, 4.69) is 25.3 Å². The number of esters is 1. The van der Waals surface area contributed by atoms with Crippen LogP contribution in [0.2, 0.25) is 0 Å². The number of aromatic nitrogens is 4. The van der Waals surface area contributed by atoms with Crippen molar-refractivity contribution in [1.82, 2.24) is 25.3 Å². The minimum absolute atomic E-state index is 0.0864. The Morgan fingerprint density at radius 3 is 2.94 bits per heavy atom. The SMILES string of the molecule is Cc1cccc(-c2[nH]cnc2-c2ccc3ncc(C(=O)O[C@H]4CCCNC4)cc3c2)n1. The van der Waals surface area contributed by atoms with Gasteiger partial charge in [-0.2, -0.15) is 0 Å². The number of fused-ring (bicyclic) bond motifs is 1. The maximum Gasteiger partial charge on any atom is 0.340 e. The van der Waals surface area contributed by atoms with Crippen LogP contribution in [0.1, 0.15) is 28.9 Å². The molecule has 1 saturated heterocycles. The van der Waals surface area contributed by atoms with E-state index in [0.29, 0.717) is 12.1 Å². The van der Waals surface area contributed by atoms with E-state index in [4.69, 9.17) is 4.74 Å². The number of hydrogen-bond acceptors (Lipinski definition) is 6. The molecule has 156 valence electrons. The zero-order valence-corrected chi connectivity index (χ0v) is 17.3. The van der Waals surface area contributed by atoms with Crippen molar-refractivity contribution in [3.05, 3.63) is 66.2 Å². The fourth-order valence-electron chi connectivity index (χ4n) is 3.92. The van der Waals surface area contributed by atoms with Crippen LogP contribution in [0.5, 0.6) is 0 Å². The predicted molar refractivity (Wildman–Crippen MR) is 119 cm³/mol. The van der Waals surface area contributed by atoms with Crippen molar-refractivity contribution >= 4 is 16.9 Å². The molecule has 0 spiro atoms. The van der Waals surface area contributed by atoms with Crippen molar-refractivity contribution in [2.45, 2.75) is 25.9 Å². The van der Waals surface area contributed by atoms with Crippen molar-refractivity contribution in [3.8, 4) is 22.6 Å². The van der Waals surface area contributed by atoms with E-state index in [0.717, 1.165) is 58.6 Å². The molecule has 4 heterocycles. The average Bonchev–Trinajstić information content (AvgIpc) is 3.29. The summed E-state index contributed by atoms with van der Waals surface area (Å²) >= 11 is 0. The van der Waals surface area contributed by atoms with Gasteiger partial charge in [-0.25, -0.2) is 9.78 Å². The van der Waals surface area contributed by atoms with E-state index in [-0.39, 0.29) is 12.1 Å². The number of ether oxygens (including phenoxy) is 1. The lowest BCUT2D eigenvalue weighted by Crippen LogP contribution is -2.36. The smallest absolute Gasteiger partial charge is 0.340 e. The van der Waals surface area contributed by atoms with Crippen LogP contribution in [0, 0.1) is 6.92 Å². The quantitative estimate of drug-likeness (QED) is 0.493. The predicted octanol–water partition coefficient (Wildman–Crippen LogP) is 3.90. The maximum absolute atomic E-state index is 12.6. The summed E-state index contributed by atoms with van der Waals surface area (Å²) < 4.78 is 5.65. The second-order valence-electron chi connectivity index (χ2n) is 7.80. The third-order valence-electron chi connectivity index (χ3n) is 5.50. The Morgan fingerprint density at radius 2 is 2.10 bits per heavy atom. The molecule has 0 bridgehead atoms. The van der Waals surface area contributed by atoms with Gasteiger partial charge < -0.3 is 15.0 Å². The summed E-state index contributed by atoms with van der Waals surface area (Å²) in [7, 11) is 0. The summed E-state index contributed by atoms with van der Waals surface area (Å²) in [6, 6.07) is 13.7. The summed E-state index contributed by atoms with van der Waals surface area (Å²) in [5, 5.41) is 4.12. The van der Waals surface area contributed by atoms with Gasteiger partial charge >= 0.3 is 5.97 Å². The van der Waals surface area contributed by atoms with E-state index in [9.17, 15) is 4.79 Å². The highest BCUT2D eigenvalue weighted by molar-refractivity contribution is 5.95. The van der Waals surface area contributed by atoms with Crippen LogP contribution in [-0.2, 0) is 4.74 Å². The second-order valence-corrected chi connectivity index (χ2v) is 7.80. The lowest BCUT2D eigenvalue weighted by Gasteiger charge is -2.22. The standard InChI is InChI=1S/C24H23N5O2/c1-15-4-2-6-21(29-15)23-22(27-14-28-23)16-7-8-20-17(10-16)11-18(12-26-20)24(30)31-19-5-3-9-25-13-19/h2,4,6-8,10-12,14,19,25H,3,5,9,13H2,1H3,(H,27,28)/t19-/m0/s1. The zero-order chi connectivity index (χ0) is 21.2. The first-order chi connectivity index (χ1) is 15.2. The van der Waals surface area contributed by atoms with Gasteiger partial charge in [0, 0.05) is 29.4 Å². The van der Waals surface area contributed by atoms with E-state index in [1.165, 1.54) is 0 Å². The number of carbonyl (C=O) groups is 1. The minimum atomic E-state index is -0.335. The summed E-state index contributed by atoms with van der Waals surface area (Å²) in [6.45, 7) is 3.64. The fraction of sp³-hybridized carbons (Fsp3) is 0.250. The van der Waals surface area contributed by atoms with Crippen LogP contribution in [0.25, 0.3) is 33.5 Å². The number of carbonyl (C=O) groups excluding carboxylic acids is 1. The molecule has 1 aromatic carbocycles. The highest BCUT2D eigenvalue weighted by Gasteiger charge is 2.19. The van der Waals surface area contributed by atoms with E-state index in [1.807, 2.05) is 49.4 Å². The molecule has 3 aromatic heterocycles. The number of H-pyrrole nitrogens is 1. The fourth-order valence-corrected chi connectivity index (χ4v) is 3.92. The molecule has 5 rings (SSSR count). The van der Waals surface area contributed by atoms with Crippen LogP contribution in [-0.4, -0.2) is 45.1 Å². The number of nitrogens with one attached hydrogen (secondary N) is 2. The Labute approximate surface area is 179 Å². The zero-order valence-electron chi connectivity index (χ0n) is 17.3. The Balaban J connectivity index is 1.46. The summed E-state index contributed by atoms with van der Waals surface area (Å²) in [6.07, 6.45) is 5.06. The normalized spacial score (nSPS) is 16.4. The van der Waals surface area contributed by atoms with Gasteiger partial charge in [0.25, 0.3) is 0 Å². The largest absolute Gasteiger partial charge is 0.457 e. The average molecular weight is 413 g/mol. The minimum Gasteiger partial charge on any atom is -0.457 e. The summed E-state index contributed by atoms with van der Waals surface area (Å²) in [5.74, 6) is -0.335. The monoisotopic (exact) mass is 413 g/mol. The summed E-state index contributed by atoms with van der Waals surface area (Å²) in [4.78, 5) is 29.4. The molecule has 4 aromatic rings. The Kier molecular flexibility index (Phi) is 5.18. The molecule has 1 fully saturated rings. The first-order valence-corrected chi connectivity index (χ1v) is 10.5. The van der Waals surface area contributed by atoms with Gasteiger partial charge in [-0.3, -0.25) is 9.97 Å². The molecule has 1 aliphatic rings. The number of nitrogens with zero attached hydrogens (tertiary/aromatic N) is 3. The Morgan fingerprint density at radius 1 is 1.16 bits per heavy atom. The molecular weight excluding hydrogens is 390 g/mol. The number of imidazole rings is 1. The third-order valence-corrected chi connectivity index (χ3v) is 5.50. The number of pyridine rings is 2. The number of piperidine rings is 1. The molecule has 0 radical (unpaired) electrons. The molecule has 1 aliphatic heterocycles. The molecule has 31 heavy (non-hydrogen) atoms. The van der Waals surface area contributed by atoms with Gasteiger partial charge in [0.05, 0.1) is 34.5 Å². The molecule has 0 amide bonds. The molecular formula is C24H23N5O2. The van der Waals surface area contributed by atoms with E-state index < -0.39 is 0 Å². The van der Waals surface area contributed by atoms with Gasteiger partial charge in [-0.05, 0) is 56.6 Å². The summed E-state index contributed by atoms with van der Waals surface area (Å²) in [5.41, 5.74) is 5.64. The Hall–Kier alpha value is -3.58. The van der Waals surface area contributed by atoms with Gasteiger partial charge in [0.1, 0.15) is 6.10 Å². The first-order valence-electron chi connectivity index (χ1n) is 10.5. The van der Waals surface area contributed by atoms with Crippen LogP contribution < -0.4 is 5.32 Å². The first kappa shape index (κ1) is 19.4. The number of rotatable bonds is 4.